The van der Waals surface area contributed by atoms with Crippen LogP contribution in [0.2, 0.25) is 0 Å². The number of aromatic nitrogens is 3. The van der Waals surface area contributed by atoms with E-state index in [1.165, 1.54) is 4.88 Å². The molecule has 0 aliphatic carbocycles. The number of thiophene rings is 1. The lowest BCUT2D eigenvalue weighted by molar-refractivity contribution is 0.198. The standard InChI is InChI=1S/C13H15N3OS/c1-3-4-5-11-14-9-7-16(17)10-6-8(2)18-13(10)12(9)15-11/h6-7,17H,3-5H2,1-2H3. The van der Waals surface area contributed by atoms with Crippen LogP contribution in [0.1, 0.15) is 30.5 Å². The summed E-state index contributed by atoms with van der Waals surface area (Å²) < 4.78 is 2.17. The Bertz CT molecular complexity index is 671. The molecule has 94 valence electrons. The molecule has 0 bridgehead atoms. The molecule has 3 heterocycles. The van der Waals surface area contributed by atoms with Crippen LogP contribution in [0.4, 0.5) is 0 Å². The van der Waals surface area contributed by atoms with Crippen molar-refractivity contribution in [1.29, 1.82) is 0 Å². The molecule has 0 fully saturated rings. The largest absolute Gasteiger partial charge is 0.428 e. The fraction of sp³-hybridized carbons (Fsp3) is 0.385. The molecule has 1 N–H and O–H groups in total. The minimum Gasteiger partial charge on any atom is -0.428 e. The van der Waals surface area contributed by atoms with Crippen molar-refractivity contribution in [3.63, 3.8) is 0 Å². The van der Waals surface area contributed by atoms with Crippen molar-refractivity contribution in [3.05, 3.63) is 23.0 Å². The third-order valence-electron chi connectivity index (χ3n) is 3.03. The SMILES string of the molecule is CCCCc1nc2cn(O)c3cc(C)sc3c-2n1. The number of rotatable bonds is 3. The zero-order valence-corrected chi connectivity index (χ0v) is 11.3. The van der Waals surface area contributed by atoms with Gasteiger partial charge in [-0.15, -0.1) is 11.3 Å². The molecule has 0 aromatic carbocycles. The van der Waals surface area contributed by atoms with Gasteiger partial charge in [-0.2, -0.15) is 4.73 Å². The highest BCUT2D eigenvalue weighted by Crippen LogP contribution is 2.34. The normalized spacial score (nSPS) is 11.7. The van der Waals surface area contributed by atoms with Gasteiger partial charge in [0.05, 0.1) is 16.4 Å². The Labute approximate surface area is 109 Å². The van der Waals surface area contributed by atoms with Crippen molar-refractivity contribution in [1.82, 2.24) is 14.7 Å². The Morgan fingerprint density at radius 2 is 2.22 bits per heavy atom. The lowest BCUT2D eigenvalue weighted by atomic mass is 10.2. The molecular formula is C13H15N3OS. The number of imidazole rings is 1. The van der Waals surface area contributed by atoms with Gasteiger partial charge in [0.15, 0.2) is 0 Å². The number of nitrogens with zero attached hydrogens (tertiary/aromatic N) is 3. The van der Waals surface area contributed by atoms with Crippen LogP contribution in [0, 0.1) is 6.92 Å². The van der Waals surface area contributed by atoms with Crippen molar-refractivity contribution < 1.29 is 5.21 Å². The van der Waals surface area contributed by atoms with Gasteiger partial charge in [-0.3, -0.25) is 0 Å². The maximum Gasteiger partial charge on any atom is 0.129 e. The summed E-state index contributed by atoms with van der Waals surface area (Å²) in [6.07, 6.45) is 4.79. The van der Waals surface area contributed by atoms with Crippen molar-refractivity contribution in [2.45, 2.75) is 33.1 Å². The summed E-state index contributed by atoms with van der Waals surface area (Å²) in [7, 11) is 0. The minimum absolute atomic E-state index is 0.776. The molecule has 0 saturated carbocycles. The molecule has 0 unspecified atom stereocenters. The molecule has 2 aliphatic rings. The second kappa shape index (κ2) is 4.24. The smallest absolute Gasteiger partial charge is 0.129 e. The predicted molar refractivity (Wildman–Crippen MR) is 72.6 cm³/mol. The minimum atomic E-state index is 0.776. The van der Waals surface area contributed by atoms with Gasteiger partial charge in [0.2, 0.25) is 0 Å². The topological polar surface area (TPSA) is 50.9 Å². The second-order valence-electron chi connectivity index (χ2n) is 4.52. The number of hydrogen-bond donors (Lipinski definition) is 1. The number of unbranched alkanes of at least 4 members (excludes halogenated alkanes) is 1. The summed E-state index contributed by atoms with van der Waals surface area (Å²) >= 11 is 1.65. The Hall–Kier alpha value is -1.62. The van der Waals surface area contributed by atoms with Crippen LogP contribution in [0.25, 0.3) is 21.6 Å². The zero-order chi connectivity index (χ0) is 12.7. The van der Waals surface area contributed by atoms with E-state index in [0.29, 0.717) is 0 Å². The van der Waals surface area contributed by atoms with E-state index in [9.17, 15) is 5.21 Å². The highest BCUT2D eigenvalue weighted by molar-refractivity contribution is 7.19. The summed E-state index contributed by atoms with van der Waals surface area (Å²) in [5.41, 5.74) is 2.50. The number of pyridine rings is 1. The molecule has 0 amide bonds. The van der Waals surface area contributed by atoms with Crippen LogP contribution in [0.5, 0.6) is 0 Å². The average Bonchev–Trinajstić information content (AvgIpc) is 2.89. The van der Waals surface area contributed by atoms with Crippen LogP contribution >= 0.6 is 11.3 Å². The summed E-state index contributed by atoms with van der Waals surface area (Å²) in [6, 6.07) is 1.97. The Kier molecular flexibility index (Phi) is 2.70. The molecule has 0 atom stereocenters. The van der Waals surface area contributed by atoms with Crippen molar-refractivity contribution in [2.24, 2.45) is 0 Å². The molecule has 1 aromatic rings. The fourth-order valence-electron chi connectivity index (χ4n) is 2.13. The molecule has 3 rings (SSSR count). The maximum atomic E-state index is 9.92. The molecular weight excluding hydrogens is 246 g/mol. The maximum absolute atomic E-state index is 9.92. The van der Waals surface area contributed by atoms with E-state index in [0.717, 1.165) is 51.4 Å². The molecule has 0 spiro atoms. The van der Waals surface area contributed by atoms with Gasteiger partial charge in [0.25, 0.3) is 0 Å². The van der Waals surface area contributed by atoms with Crippen molar-refractivity contribution in [3.8, 4) is 11.4 Å². The van der Waals surface area contributed by atoms with E-state index in [1.807, 2.05) is 13.0 Å². The van der Waals surface area contributed by atoms with Gasteiger partial charge in [-0.05, 0) is 19.4 Å². The first-order chi connectivity index (χ1) is 8.69. The number of fused-ring (bicyclic) bond motifs is 3. The number of hydrogen-bond acceptors (Lipinski definition) is 4. The second-order valence-corrected chi connectivity index (χ2v) is 5.78. The van der Waals surface area contributed by atoms with Crippen LogP contribution < -0.4 is 0 Å². The van der Waals surface area contributed by atoms with Crippen molar-refractivity contribution in [2.75, 3.05) is 0 Å². The summed E-state index contributed by atoms with van der Waals surface area (Å²) in [4.78, 5) is 10.3. The van der Waals surface area contributed by atoms with Crippen LogP contribution in [-0.4, -0.2) is 19.9 Å². The highest BCUT2D eigenvalue weighted by Gasteiger charge is 2.18. The molecule has 4 nitrogen and oxygen atoms in total. The molecule has 1 aromatic heterocycles. The first kappa shape index (κ1) is 11.5. The first-order valence-corrected chi connectivity index (χ1v) is 6.98. The molecule has 18 heavy (non-hydrogen) atoms. The first-order valence-electron chi connectivity index (χ1n) is 6.16. The van der Waals surface area contributed by atoms with Gasteiger partial charge < -0.3 is 5.21 Å². The quantitative estimate of drug-likeness (QED) is 0.734. The highest BCUT2D eigenvalue weighted by atomic mass is 32.1. The van der Waals surface area contributed by atoms with Gasteiger partial charge >= 0.3 is 0 Å². The molecule has 0 radical (unpaired) electrons. The van der Waals surface area contributed by atoms with E-state index >= 15 is 0 Å². The summed E-state index contributed by atoms with van der Waals surface area (Å²) in [6.45, 7) is 4.19. The Morgan fingerprint density at radius 1 is 1.39 bits per heavy atom. The third-order valence-corrected chi connectivity index (χ3v) is 4.08. The van der Waals surface area contributed by atoms with Gasteiger partial charge in [-0.1, -0.05) is 13.3 Å². The zero-order valence-electron chi connectivity index (χ0n) is 10.5. The van der Waals surface area contributed by atoms with E-state index in [2.05, 4.69) is 16.9 Å². The van der Waals surface area contributed by atoms with Crippen LogP contribution in [0.15, 0.2) is 12.3 Å². The lowest BCUT2D eigenvalue weighted by Gasteiger charge is -2.02. The Morgan fingerprint density at radius 3 is 3.00 bits per heavy atom. The summed E-state index contributed by atoms with van der Waals surface area (Å²) in [5.74, 6) is 0.880. The average molecular weight is 261 g/mol. The Balaban J connectivity index is 2.19. The number of aryl methyl sites for hydroxylation is 2. The van der Waals surface area contributed by atoms with Crippen LogP contribution in [-0.2, 0) is 6.42 Å². The van der Waals surface area contributed by atoms with Gasteiger partial charge in [0, 0.05) is 11.3 Å². The molecule has 0 saturated heterocycles. The van der Waals surface area contributed by atoms with E-state index in [1.54, 1.807) is 17.5 Å². The third kappa shape index (κ3) is 1.75. The van der Waals surface area contributed by atoms with Crippen molar-refractivity contribution >= 4 is 21.6 Å². The lowest BCUT2D eigenvalue weighted by Crippen LogP contribution is -1.94. The fourth-order valence-corrected chi connectivity index (χ4v) is 3.13. The van der Waals surface area contributed by atoms with Gasteiger partial charge in [0.1, 0.15) is 17.2 Å². The predicted octanol–water partition coefficient (Wildman–Crippen LogP) is 3.49. The summed E-state index contributed by atoms with van der Waals surface area (Å²) in [5, 5.41) is 9.92. The van der Waals surface area contributed by atoms with Gasteiger partial charge in [-0.25, -0.2) is 9.97 Å². The molecule has 5 heteroatoms. The van der Waals surface area contributed by atoms with Crippen LogP contribution in [0.3, 0.4) is 0 Å². The van der Waals surface area contributed by atoms with E-state index < -0.39 is 0 Å². The monoisotopic (exact) mass is 261 g/mol. The molecule has 2 aliphatic heterocycles. The van der Waals surface area contributed by atoms with E-state index in [4.69, 9.17) is 0 Å². The van der Waals surface area contributed by atoms with E-state index in [-0.39, 0.29) is 0 Å².